The Morgan fingerprint density at radius 3 is 2.77 bits per heavy atom. The molecule has 2 fully saturated rings. The number of benzene rings is 2. The molecule has 0 radical (unpaired) electrons. The number of rotatable bonds is 7. The van der Waals surface area contributed by atoms with Crippen molar-refractivity contribution in [2.24, 2.45) is 17.8 Å². The fourth-order valence-electron chi connectivity index (χ4n) is 5.17. The second-order valence-electron chi connectivity index (χ2n) is 10.1. The number of fused-ring (bicyclic) bond motifs is 2. The Morgan fingerprint density at radius 2 is 2.02 bits per heavy atom. The van der Waals surface area contributed by atoms with Crippen molar-refractivity contribution < 1.29 is 9.53 Å². The molecule has 2 aliphatic rings. The fraction of sp³-hybridized carbons (Fsp3) is 0.226. The number of hydrogen-bond acceptors (Lipinski definition) is 7. The molecule has 2 aromatic carbocycles. The minimum Gasteiger partial charge on any atom is -0.486 e. The van der Waals surface area contributed by atoms with E-state index in [4.69, 9.17) is 16.3 Å². The summed E-state index contributed by atoms with van der Waals surface area (Å²) in [5.74, 6) is 9.23. The van der Waals surface area contributed by atoms with Crippen molar-refractivity contribution in [3.05, 3.63) is 90.0 Å². The first-order chi connectivity index (χ1) is 19.5. The maximum atomic E-state index is 12.2. The van der Waals surface area contributed by atoms with Crippen molar-refractivity contribution in [3.63, 3.8) is 0 Å². The molecule has 40 heavy (non-hydrogen) atoms. The van der Waals surface area contributed by atoms with Crippen molar-refractivity contribution in [1.29, 1.82) is 0 Å². The molecule has 200 valence electrons. The summed E-state index contributed by atoms with van der Waals surface area (Å²) in [6, 6.07) is 14.8. The van der Waals surface area contributed by atoms with E-state index >= 15 is 0 Å². The number of likely N-dealkylation sites (tertiary alicyclic amines) is 1. The average Bonchev–Trinajstić information content (AvgIpc) is 3.43. The highest BCUT2D eigenvalue weighted by Crippen LogP contribution is 2.50. The van der Waals surface area contributed by atoms with Crippen molar-refractivity contribution in [2.45, 2.75) is 6.61 Å². The van der Waals surface area contributed by atoms with Gasteiger partial charge < -0.3 is 20.3 Å². The van der Waals surface area contributed by atoms with Crippen LogP contribution in [0.1, 0.15) is 11.3 Å². The number of amides is 1. The lowest BCUT2D eigenvalue weighted by Crippen LogP contribution is -2.18. The van der Waals surface area contributed by atoms with Crippen LogP contribution in [-0.4, -0.2) is 45.9 Å². The zero-order valence-electron chi connectivity index (χ0n) is 21.9. The van der Waals surface area contributed by atoms with E-state index in [1.54, 1.807) is 18.3 Å². The molecule has 0 spiro atoms. The predicted octanol–water partition coefficient (Wildman–Crippen LogP) is 5.28. The number of carbonyl (C=O) groups excluding carboxylic acids is 1. The van der Waals surface area contributed by atoms with Gasteiger partial charge in [0.2, 0.25) is 5.91 Å². The molecule has 3 heterocycles. The van der Waals surface area contributed by atoms with Crippen molar-refractivity contribution in [2.75, 3.05) is 30.8 Å². The van der Waals surface area contributed by atoms with E-state index in [0.717, 1.165) is 29.9 Å². The van der Waals surface area contributed by atoms with E-state index in [2.05, 4.69) is 56.0 Å². The summed E-state index contributed by atoms with van der Waals surface area (Å²) >= 11 is 6.51. The summed E-state index contributed by atoms with van der Waals surface area (Å²) < 4.78 is 5.84. The highest BCUT2D eigenvalue weighted by atomic mass is 35.5. The number of carbonyl (C=O) groups is 1. The molecule has 1 aliphatic heterocycles. The largest absolute Gasteiger partial charge is 0.486 e. The summed E-state index contributed by atoms with van der Waals surface area (Å²) in [5, 5.41) is 7.39. The summed E-state index contributed by atoms with van der Waals surface area (Å²) in [4.78, 5) is 27.8. The van der Waals surface area contributed by atoms with Crippen LogP contribution >= 0.6 is 11.6 Å². The van der Waals surface area contributed by atoms with Crippen LogP contribution in [0.5, 0.6) is 5.75 Å². The van der Waals surface area contributed by atoms with Gasteiger partial charge in [-0.3, -0.25) is 9.78 Å². The van der Waals surface area contributed by atoms with E-state index in [9.17, 15) is 4.79 Å². The van der Waals surface area contributed by atoms with Crippen LogP contribution in [0, 0.1) is 29.6 Å². The van der Waals surface area contributed by atoms with E-state index in [0.29, 0.717) is 57.7 Å². The van der Waals surface area contributed by atoms with Crippen LogP contribution in [0.3, 0.4) is 0 Å². The van der Waals surface area contributed by atoms with Crippen LogP contribution in [0.25, 0.3) is 10.9 Å². The van der Waals surface area contributed by atoms with Crippen LogP contribution in [-0.2, 0) is 11.4 Å². The van der Waals surface area contributed by atoms with Gasteiger partial charge in [-0.05, 0) is 67.4 Å². The summed E-state index contributed by atoms with van der Waals surface area (Å²) in [5.41, 5.74) is 3.53. The molecule has 9 heteroatoms. The quantitative estimate of drug-likeness (QED) is 0.239. The molecular weight excluding hydrogens is 524 g/mol. The van der Waals surface area contributed by atoms with Gasteiger partial charge in [0, 0.05) is 36.3 Å². The van der Waals surface area contributed by atoms with Gasteiger partial charge in [0.15, 0.2) is 0 Å². The molecule has 2 N–H and O–H groups in total. The van der Waals surface area contributed by atoms with E-state index in [-0.39, 0.29) is 5.91 Å². The van der Waals surface area contributed by atoms with Gasteiger partial charge in [-0.1, -0.05) is 36.1 Å². The van der Waals surface area contributed by atoms with Crippen molar-refractivity contribution >= 4 is 45.6 Å². The molecule has 1 saturated carbocycles. The number of ether oxygens (including phenoxy) is 1. The standard InChI is InChI=1S/C31H27ClN6O2/c1-3-30(39)37-27-14-23-28(12-19(27)7-9-22-24-15-38(2)16-25(22)24)34-18-35-31(23)36-20-8-10-29(26(32)13-20)40-17-21-6-4-5-11-33-21/h3-6,8,10-14,18,22,24-25H,1,15-17H2,2H3,(H,37,39)(H,34,35,36)/t22-,24-,25+. The first-order valence-electron chi connectivity index (χ1n) is 13.0. The third-order valence-corrected chi connectivity index (χ3v) is 7.56. The van der Waals surface area contributed by atoms with Crippen LogP contribution in [0.2, 0.25) is 5.02 Å². The number of anilines is 3. The molecule has 3 atom stereocenters. The number of hydrogen-bond donors (Lipinski definition) is 2. The van der Waals surface area contributed by atoms with Gasteiger partial charge in [-0.2, -0.15) is 0 Å². The normalized spacial score (nSPS) is 19.3. The number of pyridine rings is 1. The first-order valence-corrected chi connectivity index (χ1v) is 13.4. The Bertz CT molecular complexity index is 1650. The van der Waals surface area contributed by atoms with Gasteiger partial charge in [-0.25, -0.2) is 9.97 Å². The van der Waals surface area contributed by atoms with Gasteiger partial charge >= 0.3 is 0 Å². The molecule has 0 bridgehead atoms. The maximum absolute atomic E-state index is 12.2. The molecule has 6 rings (SSSR count). The minimum absolute atomic E-state index is 0.313. The van der Waals surface area contributed by atoms with Crippen LogP contribution in [0.15, 0.2) is 73.7 Å². The topological polar surface area (TPSA) is 92.3 Å². The van der Waals surface area contributed by atoms with Crippen LogP contribution in [0.4, 0.5) is 17.2 Å². The van der Waals surface area contributed by atoms with Crippen molar-refractivity contribution in [1.82, 2.24) is 19.9 Å². The lowest BCUT2D eigenvalue weighted by Gasteiger charge is -2.13. The molecule has 1 aliphatic carbocycles. The number of aromatic nitrogens is 3. The third-order valence-electron chi connectivity index (χ3n) is 7.26. The minimum atomic E-state index is -0.313. The molecular formula is C31H27ClN6O2. The maximum Gasteiger partial charge on any atom is 0.247 e. The molecule has 0 unspecified atom stereocenters. The monoisotopic (exact) mass is 550 g/mol. The molecule has 8 nitrogen and oxygen atoms in total. The van der Waals surface area contributed by atoms with E-state index in [1.165, 1.54) is 12.4 Å². The Balaban J connectivity index is 1.25. The molecule has 1 amide bonds. The third kappa shape index (κ3) is 5.48. The highest BCUT2D eigenvalue weighted by molar-refractivity contribution is 6.32. The Kier molecular flexibility index (Phi) is 7.08. The smallest absolute Gasteiger partial charge is 0.247 e. The summed E-state index contributed by atoms with van der Waals surface area (Å²) in [7, 11) is 2.15. The van der Waals surface area contributed by atoms with Crippen molar-refractivity contribution in [3.8, 4) is 17.6 Å². The van der Waals surface area contributed by atoms with E-state index < -0.39 is 0 Å². The summed E-state index contributed by atoms with van der Waals surface area (Å²) in [6.45, 7) is 6.07. The number of nitrogens with one attached hydrogen (secondary N) is 2. The van der Waals surface area contributed by atoms with Crippen LogP contribution < -0.4 is 15.4 Å². The van der Waals surface area contributed by atoms with Gasteiger partial charge in [0.25, 0.3) is 0 Å². The predicted molar refractivity (Wildman–Crippen MR) is 157 cm³/mol. The first kappa shape index (κ1) is 25.8. The Labute approximate surface area is 237 Å². The fourth-order valence-corrected chi connectivity index (χ4v) is 5.41. The average molecular weight is 551 g/mol. The molecule has 1 saturated heterocycles. The number of nitrogens with zero attached hydrogens (tertiary/aromatic N) is 4. The summed E-state index contributed by atoms with van der Waals surface area (Å²) in [6.07, 6.45) is 4.46. The second kappa shape index (κ2) is 11.0. The van der Waals surface area contributed by atoms with Gasteiger partial charge in [0.1, 0.15) is 24.5 Å². The second-order valence-corrected chi connectivity index (χ2v) is 10.5. The molecule has 2 aromatic heterocycles. The SMILES string of the molecule is C=CC(=O)Nc1cc2c(Nc3ccc(OCc4ccccn4)c(Cl)c3)ncnc2cc1C#C[C@@H]1[C@H]2CN(C)C[C@@H]12. The Hall–Kier alpha value is -4.45. The number of piperidine rings is 1. The molecule has 4 aromatic rings. The van der Waals surface area contributed by atoms with Gasteiger partial charge in [-0.15, -0.1) is 0 Å². The number of halogens is 1. The lowest BCUT2D eigenvalue weighted by atomic mass is 10.1. The lowest BCUT2D eigenvalue weighted by molar-refractivity contribution is -0.111. The van der Waals surface area contributed by atoms with E-state index in [1.807, 2.05) is 36.4 Å². The zero-order valence-corrected chi connectivity index (χ0v) is 22.7. The highest BCUT2D eigenvalue weighted by Gasteiger charge is 2.53. The Morgan fingerprint density at radius 1 is 1.18 bits per heavy atom. The van der Waals surface area contributed by atoms with Gasteiger partial charge in [0.05, 0.1) is 27.5 Å². The zero-order chi connectivity index (χ0) is 27.6.